The van der Waals surface area contributed by atoms with E-state index in [4.69, 9.17) is 4.52 Å². The maximum atomic E-state index is 12.8. The third-order valence-corrected chi connectivity index (χ3v) is 3.38. The molecule has 1 aliphatic rings. The maximum absolute atomic E-state index is 12.8. The molecule has 1 aliphatic heterocycles. The van der Waals surface area contributed by atoms with Gasteiger partial charge >= 0.3 is 0 Å². The van der Waals surface area contributed by atoms with E-state index in [9.17, 15) is 4.39 Å². The summed E-state index contributed by atoms with van der Waals surface area (Å²) in [4.78, 5) is 4.40. The molecule has 0 radical (unpaired) electrons. The number of nitrogens with zero attached hydrogens (tertiary/aromatic N) is 2. The number of aromatic nitrogens is 2. The Balaban J connectivity index is 1.87. The van der Waals surface area contributed by atoms with Crippen LogP contribution in [0.15, 0.2) is 28.8 Å². The van der Waals surface area contributed by atoms with Crippen LogP contribution in [0.1, 0.15) is 18.7 Å². The average Bonchev–Trinajstić information content (AvgIpc) is 2.98. The standard InChI is InChI=1S/C13H14FN3O/c1-8-6-15-7-11(8)13-16-12(17-18-13)9-2-4-10(14)5-3-9/h2-5,8,11,15H,6-7H2,1H3/t8-,11-/m1/s1. The molecule has 3 rings (SSSR count). The van der Waals surface area contributed by atoms with Crippen LogP contribution < -0.4 is 5.32 Å². The van der Waals surface area contributed by atoms with E-state index in [2.05, 4.69) is 22.4 Å². The molecule has 1 saturated heterocycles. The van der Waals surface area contributed by atoms with Crippen LogP contribution in [-0.2, 0) is 0 Å². The topological polar surface area (TPSA) is 51.0 Å². The minimum absolute atomic E-state index is 0.268. The van der Waals surface area contributed by atoms with E-state index in [1.807, 2.05) is 0 Å². The predicted octanol–water partition coefficient (Wildman–Crippen LogP) is 2.20. The van der Waals surface area contributed by atoms with Gasteiger partial charge in [-0.25, -0.2) is 4.39 Å². The van der Waals surface area contributed by atoms with Gasteiger partial charge in [0.2, 0.25) is 11.7 Å². The Labute approximate surface area is 104 Å². The lowest BCUT2D eigenvalue weighted by Crippen LogP contribution is -2.08. The van der Waals surface area contributed by atoms with Gasteiger partial charge in [-0.05, 0) is 36.7 Å². The van der Waals surface area contributed by atoms with Crippen LogP contribution >= 0.6 is 0 Å². The van der Waals surface area contributed by atoms with Gasteiger partial charge in [-0.2, -0.15) is 4.98 Å². The molecule has 1 N–H and O–H groups in total. The van der Waals surface area contributed by atoms with Crippen LogP contribution in [0.3, 0.4) is 0 Å². The third kappa shape index (κ3) is 2.01. The van der Waals surface area contributed by atoms with Crippen molar-refractivity contribution in [2.24, 2.45) is 5.92 Å². The van der Waals surface area contributed by atoms with Crippen molar-refractivity contribution in [1.29, 1.82) is 0 Å². The zero-order valence-electron chi connectivity index (χ0n) is 10.1. The average molecular weight is 247 g/mol. The molecule has 4 nitrogen and oxygen atoms in total. The zero-order chi connectivity index (χ0) is 12.5. The molecule has 0 saturated carbocycles. The second-order valence-electron chi connectivity index (χ2n) is 4.71. The molecule has 0 aliphatic carbocycles. The summed E-state index contributed by atoms with van der Waals surface area (Å²) in [5.41, 5.74) is 0.769. The summed E-state index contributed by atoms with van der Waals surface area (Å²) in [6, 6.07) is 6.09. The van der Waals surface area contributed by atoms with Crippen LogP contribution in [-0.4, -0.2) is 23.2 Å². The highest BCUT2D eigenvalue weighted by Crippen LogP contribution is 2.28. The highest BCUT2D eigenvalue weighted by molar-refractivity contribution is 5.53. The lowest BCUT2D eigenvalue weighted by Gasteiger charge is -2.07. The van der Waals surface area contributed by atoms with E-state index in [0.717, 1.165) is 18.7 Å². The van der Waals surface area contributed by atoms with Gasteiger partial charge in [0.1, 0.15) is 5.82 Å². The summed E-state index contributed by atoms with van der Waals surface area (Å²) < 4.78 is 18.1. The first-order valence-electron chi connectivity index (χ1n) is 6.04. The number of halogens is 1. The van der Waals surface area contributed by atoms with Crippen LogP contribution in [0, 0.1) is 11.7 Å². The largest absolute Gasteiger partial charge is 0.339 e. The molecule has 18 heavy (non-hydrogen) atoms. The summed E-state index contributed by atoms with van der Waals surface area (Å²) in [5, 5.41) is 7.26. The highest BCUT2D eigenvalue weighted by Gasteiger charge is 2.29. The summed E-state index contributed by atoms with van der Waals surface area (Å²) in [6.45, 7) is 4.00. The quantitative estimate of drug-likeness (QED) is 0.883. The molecule has 0 amide bonds. The SMILES string of the molecule is C[C@@H]1CNC[C@H]1c1nc(-c2ccc(F)cc2)no1. The molecule has 94 valence electrons. The maximum Gasteiger partial charge on any atom is 0.231 e. The normalized spacial score (nSPS) is 23.4. The fourth-order valence-corrected chi connectivity index (χ4v) is 2.24. The summed E-state index contributed by atoms with van der Waals surface area (Å²) in [7, 11) is 0. The van der Waals surface area contributed by atoms with Gasteiger partial charge in [0.25, 0.3) is 0 Å². The molecule has 2 atom stereocenters. The van der Waals surface area contributed by atoms with Crippen molar-refractivity contribution >= 4 is 0 Å². The van der Waals surface area contributed by atoms with Gasteiger partial charge in [0.05, 0.1) is 5.92 Å². The van der Waals surface area contributed by atoms with Gasteiger partial charge in [-0.1, -0.05) is 12.1 Å². The number of benzene rings is 1. The Morgan fingerprint density at radius 1 is 1.28 bits per heavy atom. The van der Waals surface area contributed by atoms with E-state index in [-0.39, 0.29) is 11.7 Å². The van der Waals surface area contributed by atoms with Gasteiger partial charge in [-0.15, -0.1) is 0 Å². The second kappa shape index (κ2) is 4.49. The lowest BCUT2D eigenvalue weighted by atomic mass is 9.98. The first kappa shape index (κ1) is 11.3. The Kier molecular flexibility index (Phi) is 2.83. The van der Waals surface area contributed by atoms with Crippen molar-refractivity contribution in [3.63, 3.8) is 0 Å². The van der Waals surface area contributed by atoms with E-state index >= 15 is 0 Å². The molecule has 2 aromatic rings. The number of hydrogen-bond donors (Lipinski definition) is 1. The van der Waals surface area contributed by atoms with E-state index in [1.54, 1.807) is 12.1 Å². The summed E-state index contributed by atoms with van der Waals surface area (Å²) in [6.07, 6.45) is 0. The van der Waals surface area contributed by atoms with Crippen molar-refractivity contribution in [2.75, 3.05) is 13.1 Å². The molecule has 2 heterocycles. The number of hydrogen-bond acceptors (Lipinski definition) is 4. The summed E-state index contributed by atoms with van der Waals surface area (Å²) >= 11 is 0. The van der Waals surface area contributed by atoms with E-state index < -0.39 is 0 Å². The van der Waals surface area contributed by atoms with Crippen molar-refractivity contribution in [3.8, 4) is 11.4 Å². The molecule has 0 bridgehead atoms. The van der Waals surface area contributed by atoms with E-state index in [0.29, 0.717) is 17.6 Å². The Morgan fingerprint density at radius 3 is 2.72 bits per heavy atom. The monoisotopic (exact) mass is 247 g/mol. The van der Waals surface area contributed by atoms with Gasteiger partial charge in [-0.3, -0.25) is 0 Å². The minimum Gasteiger partial charge on any atom is -0.339 e. The number of rotatable bonds is 2. The fourth-order valence-electron chi connectivity index (χ4n) is 2.24. The van der Waals surface area contributed by atoms with Gasteiger partial charge < -0.3 is 9.84 Å². The molecule has 1 fully saturated rings. The summed E-state index contributed by atoms with van der Waals surface area (Å²) in [5.74, 6) is 1.67. The molecule has 5 heteroatoms. The molecule has 1 aromatic heterocycles. The fraction of sp³-hybridized carbons (Fsp3) is 0.385. The van der Waals surface area contributed by atoms with Crippen molar-refractivity contribution in [1.82, 2.24) is 15.5 Å². The van der Waals surface area contributed by atoms with Gasteiger partial charge in [0, 0.05) is 12.1 Å². The smallest absolute Gasteiger partial charge is 0.231 e. The van der Waals surface area contributed by atoms with Gasteiger partial charge in [0.15, 0.2) is 0 Å². The molecular formula is C13H14FN3O. The molecule has 0 spiro atoms. The van der Waals surface area contributed by atoms with Crippen LogP contribution in [0.2, 0.25) is 0 Å². The first-order valence-corrected chi connectivity index (χ1v) is 6.04. The Bertz CT molecular complexity index is 537. The van der Waals surface area contributed by atoms with Crippen LogP contribution in [0.4, 0.5) is 4.39 Å². The van der Waals surface area contributed by atoms with Crippen LogP contribution in [0.25, 0.3) is 11.4 Å². The Morgan fingerprint density at radius 2 is 2.06 bits per heavy atom. The highest BCUT2D eigenvalue weighted by atomic mass is 19.1. The third-order valence-electron chi connectivity index (χ3n) is 3.38. The molecular weight excluding hydrogens is 233 g/mol. The van der Waals surface area contributed by atoms with Crippen molar-refractivity contribution in [2.45, 2.75) is 12.8 Å². The Hall–Kier alpha value is -1.75. The van der Waals surface area contributed by atoms with Crippen molar-refractivity contribution < 1.29 is 8.91 Å². The predicted molar refractivity (Wildman–Crippen MR) is 64.5 cm³/mol. The minimum atomic E-state index is -0.268. The second-order valence-corrected chi connectivity index (χ2v) is 4.71. The first-order chi connectivity index (χ1) is 8.74. The van der Waals surface area contributed by atoms with E-state index in [1.165, 1.54) is 12.1 Å². The zero-order valence-corrected chi connectivity index (χ0v) is 10.1. The van der Waals surface area contributed by atoms with Crippen molar-refractivity contribution in [3.05, 3.63) is 36.0 Å². The lowest BCUT2D eigenvalue weighted by molar-refractivity contribution is 0.340. The number of nitrogens with one attached hydrogen (secondary N) is 1. The van der Waals surface area contributed by atoms with Crippen LogP contribution in [0.5, 0.6) is 0 Å². The molecule has 1 aromatic carbocycles. The molecule has 0 unspecified atom stereocenters.